The molecule has 2 bridgehead atoms. The number of ether oxygens (including phenoxy) is 1. The molecular formula is C30H45N3O5. The summed E-state index contributed by atoms with van der Waals surface area (Å²) in [6, 6.07) is 8.08. The SMILES string of the molecule is CC[C@]12CCC3(O1)C(C(=O)NC(C)(C)CC(C)(C)C)N([C@@H](CO)Cc1ccccc1)C(=O)[C@@H]3[C@H]2C(=O)NC. The number of carbonyl (C=O) groups excluding carboxylic acids is 3. The Kier molecular flexibility index (Phi) is 7.47. The molecule has 210 valence electrons. The lowest BCUT2D eigenvalue weighted by Gasteiger charge is -2.40. The second-order valence-corrected chi connectivity index (χ2v) is 13.3. The molecule has 0 saturated carbocycles. The van der Waals surface area contributed by atoms with Gasteiger partial charge in [0.2, 0.25) is 17.7 Å². The first kappa shape index (κ1) is 28.6. The Balaban J connectivity index is 1.79. The number of hydrogen-bond acceptors (Lipinski definition) is 5. The molecule has 3 heterocycles. The molecule has 2 unspecified atom stereocenters. The van der Waals surface area contributed by atoms with Gasteiger partial charge in [-0.15, -0.1) is 0 Å². The van der Waals surface area contributed by atoms with Gasteiger partial charge in [0.25, 0.3) is 0 Å². The van der Waals surface area contributed by atoms with Crippen molar-refractivity contribution >= 4 is 17.7 Å². The molecule has 8 nitrogen and oxygen atoms in total. The van der Waals surface area contributed by atoms with Crippen LogP contribution in [0.1, 0.15) is 72.8 Å². The van der Waals surface area contributed by atoms with Gasteiger partial charge in [0.15, 0.2) is 0 Å². The van der Waals surface area contributed by atoms with Gasteiger partial charge in [0, 0.05) is 12.6 Å². The maximum atomic E-state index is 14.3. The first-order chi connectivity index (χ1) is 17.7. The summed E-state index contributed by atoms with van der Waals surface area (Å²) in [5.74, 6) is -2.26. The lowest BCUT2D eigenvalue weighted by molar-refractivity contribution is -0.151. The van der Waals surface area contributed by atoms with E-state index in [-0.39, 0.29) is 29.7 Å². The quantitative estimate of drug-likeness (QED) is 0.458. The van der Waals surface area contributed by atoms with Crippen LogP contribution in [0.4, 0.5) is 0 Å². The van der Waals surface area contributed by atoms with Crippen LogP contribution in [-0.2, 0) is 25.5 Å². The molecule has 8 heteroatoms. The molecule has 1 aromatic carbocycles. The van der Waals surface area contributed by atoms with E-state index >= 15 is 0 Å². The van der Waals surface area contributed by atoms with Crippen LogP contribution in [0.25, 0.3) is 0 Å². The fraction of sp³-hybridized carbons (Fsp3) is 0.700. The monoisotopic (exact) mass is 527 g/mol. The number of carbonyl (C=O) groups is 3. The van der Waals surface area contributed by atoms with Crippen molar-refractivity contribution in [3.63, 3.8) is 0 Å². The zero-order chi connectivity index (χ0) is 28.1. The van der Waals surface area contributed by atoms with E-state index in [9.17, 15) is 19.5 Å². The lowest BCUT2D eigenvalue weighted by atomic mass is 9.65. The van der Waals surface area contributed by atoms with E-state index in [1.807, 2.05) is 51.1 Å². The van der Waals surface area contributed by atoms with Crippen molar-refractivity contribution in [3.05, 3.63) is 35.9 Å². The standard InChI is InChI=1S/C30H45N3O5/c1-8-29-14-15-30(38-29)22(21(29)24(35)31-7)26(37)33(20(17-34)16-19-12-10-9-11-13-19)23(30)25(36)32-28(5,6)18-27(2,3)4/h9-13,20-23,34H,8,14-18H2,1-7H3,(H,31,35)(H,32,36)/t20-,21+,22+,23?,29-,30?/m1/s1. The Hall–Kier alpha value is -2.45. The Morgan fingerprint density at radius 3 is 2.34 bits per heavy atom. The molecule has 0 radical (unpaired) electrons. The Morgan fingerprint density at radius 1 is 1.13 bits per heavy atom. The zero-order valence-corrected chi connectivity index (χ0v) is 24.0. The predicted molar refractivity (Wildman–Crippen MR) is 145 cm³/mol. The van der Waals surface area contributed by atoms with Crippen molar-refractivity contribution in [1.82, 2.24) is 15.5 Å². The van der Waals surface area contributed by atoms with Crippen LogP contribution >= 0.6 is 0 Å². The molecule has 1 aromatic rings. The molecule has 1 spiro atoms. The van der Waals surface area contributed by atoms with Crippen molar-refractivity contribution in [2.45, 2.75) is 102 Å². The predicted octanol–water partition coefficient (Wildman–Crippen LogP) is 2.82. The summed E-state index contributed by atoms with van der Waals surface area (Å²) in [4.78, 5) is 43.4. The largest absolute Gasteiger partial charge is 0.394 e. The highest BCUT2D eigenvalue weighted by Crippen LogP contribution is 2.64. The molecular weight excluding hydrogens is 482 g/mol. The second kappa shape index (κ2) is 9.94. The summed E-state index contributed by atoms with van der Waals surface area (Å²) in [5, 5.41) is 16.5. The first-order valence-electron chi connectivity index (χ1n) is 13.9. The number of aliphatic hydroxyl groups excluding tert-OH is 1. The molecule has 3 aliphatic heterocycles. The molecule has 3 aliphatic rings. The number of hydrogen-bond donors (Lipinski definition) is 3. The summed E-state index contributed by atoms with van der Waals surface area (Å²) < 4.78 is 6.79. The summed E-state index contributed by atoms with van der Waals surface area (Å²) in [6.07, 6.45) is 2.83. The molecule has 3 fully saturated rings. The number of rotatable bonds is 9. The number of likely N-dealkylation sites (tertiary alicyclic amines) is 1. The van der Waals surface area contributed by atoms with Gasteiger partial charge in [0.1, 0.15) is 11.6 Å². The van der Waals surface area contributed by atoms with Crippen LogP contribution in [0.5, 0.6) is 0 Å². The fourth-order valence-corrected chi connectivity index (χ4v) is 7.81. The minimum atomic E-state index is -1.11. The number of fused-ring (bicyclic) bond motifs is 1. The van der Waals surface area contributed by atoms with E-state index in [4.69, 9.17) is 4.74 Å². The van der Waals surface area contributed by atoms with Gasteiger partial charge in [-0.3, -0.25) is 14.4 Å². The first-order valence-corrected chi connectivity index (χ1v) is 13.9. The van der Waals surface area contributed by atoms with Crippen molar-refractivity contribution in [2.24, 2.45) is 17.3 Å². The highest BCUT2D eigenvalue weighted by molar-refractivity contribution is 5.99. The molecule has 3 saturated heterocycles. The van der Waals surface area contributed by atoms with Crippen LogP contribution in [0.3, 0.4) is 0 Å². The Morgan fingerprint density at radius 2 is 1.79 bits per heavy atom. The third kappa shape index (κ3) is 4.75. The molecule has 0 aliphatic carbocycles. The van der Waals surface area contributed by atoms with Gasteiger partial charge < -0.3 is 25.4 Å². The van der Waals surface area contributed by atoms with Crippen molar-refractivity contribution < 1.29 is 24.2 Å². The highest BCUT2D eigenvalue weighted by atomic mass is 16.5. The van der Waals surface area contributed by atoms with Crippen molar-refractivity contribution in [2.75, 3.05) is 13.7 Å². The fourth-order valence-electron chi connectivity index (χ4n) is 7.81. The minimum absolute atomic E-state index is 0.0252. The van der Waals surface area contributed by atoms with Crippen LogP contribution in [0.15, 0.2) is 30.3 Å². The van der Waals surface area contributed by atoms with Crippen LogP contribution in [0, 0.1) is 17.3 Å². The summed E-state index contributed by atoms with van der Waals surface area (Å²) >= 11 is 0. The third-order valence-corrected chi connectivity index (χ3v) is 8.75. The Bertz CT molecular complexity index is 1070. The smallest absolute Gasteiger partial charge is 0.246 e. The van der Waals surface area contributed by atoms with Gasteiger partial charge >= 0.3 is 0 Å². The maximum Gasteiger partial charge on any atom is 0.246 e. The van der Waals surface area contributed by atoms with Crippen molar-refractivity contribution in [1.29, 1.82) is 0 Å². The number of amides is 3. The van der Waals surface area contributed by atoms with E-state index in [0.717, 1.165) is 12.0 Å². The number of nitrogens with zero attached hydrogens (tertiary/aromatic N) is 1. The molecule has 38 heavy (non-hydrogen) atoms. The zero-order valence-electron chi connectivity index (χ0n) is 24.0. The van der Waals surface area contributed by atoms with Gasteiger partial charge in [-0.05, 0) is 56.9 Å². The van der Waals surface area contributed by atoms with Crippen LogP contribution in [-0.4, -0.2) is 70.2 Å². The summed E-state index contributed by atoms with van der Waals surface area (Å²) in [7, 11) is 1.58. The molecule has 4 rings (SSSR count). The average Bonchev–Trinajstić information content (AvgIpc) is 3.44. The van der Waals surface area contributed by atoms with E-state index in [1.165, 1.54) is 0 Å². The van der Waals surface area contributed by atoms with Crippen molar-refractivity contribution in [3.8, 4) is 0 Å². The van der Waals surface area contributed by atoms with Gasteiger partial charge in [-0.2, -0.15) is 0 Å². The lowest BCUT2D eigenvalue weighted by Crippen LogP contribution is -2.61. The third-order valence-electron chi connectivity index (χ3n) is 8.75. The van der Waals surface area contributed by atoms with E-state index in [2.05, 4.69) is 31.4 Å². The number of benzene rings is 1. The van der Waals surface area contributed by atoms with E-state index in [1.54, 1.807) is 11.9 Å². The second-order valence-electron chi connectivity index (χ2n) is 13.3. The van der Waals surface area contributed by atoms with Gasteiger partial charge in [-0.25, -0.2) is 0 Å². The molecule has 0 aromatic heterocycles. The highest BCUT2D eigenvalue weighted by Gasteiger charge is 2.79. The number of aliphatic hydroxyl groups is 1. The Labute approximate surface area is 226 Å². The molecule has 6 atom stereocenters. The van der Waals surface area contributed by atoms with E-state index in [0.29, 0.717) is 25.7 Å². The van der Waals surface area contributed by atoms with Gasteiger partial charge in [0.05, 0.1) is 30.1 Å². The summed E-state index contributed by atoms with van der Waals surface area (Å²) in [6.45, 7) is 12.0. The minimum Gasteiger partial charge on any atom is -0.394 e. The normalized spacial score (nSPS) is 31.3. The van der Waals surface area contributed by atoms with E-state index < -0.39 is 40.7 Å². The maximum absolute atomic E-state index is 14.3. The molecule has 3 N–H and O–H groups in total. The number of nitrogens with one attached hydrogen (secondary N) is 2. The topological polar surface area (TPSA) is 108 Å². The molecule has 3 amide bonds. The van der Waals surface area contributed by atoms with Crippen LogP contribution < -0.4 is 10.6 Å². The average molecular weight is 528 g/mol. The van der Waals surface area contributed by atoms with Gasteiger partial charge in [-0.1, -0.05) is 58.0 Å². The van der Waals surface area contributed by atoms with Crippen LogP contribution in [0.2, 0.25) is 0 Å². The summed E-state index contributed by atoms with van der Waals surface area (Å²) in [5.41, 5.74) is -1.50.